The molecule has 4 rings (SSSR count). The quantitative estimate of drug-likeness (QED) is 0.554. The van der Waals surface area contributed by atoms with E-state index in [2.05, 4.69) is 16.0 Å². The summed E-state index contributed by atoms with van der Waals surface area (Å²) in [6.07, 6.45) is 2.70. The second kappa shape index (κ2) is 11.2. The van der Waals surface area contributed by atoms with Crippen LogP contribution in [-0.2, 0) is 0 Å². The summed E-state index contributed by atoms with van der Waals surface area (Å²) in [4.78, 5) is 38.4. The smallest absolute Gasteiger partial charge is 0.272 e. The summed E-state index contributed by atoms with van der Waals surface area (Å²) in [5.74, 6) is -0.545. The Hall–Kier alpha value is -4.29. The van der Waals surface area contributed by atoms with Crippen molar-refractivity contribution in [2.24, 2.45) is 5.92 Å². The number of hydrogen-bond acceptors (Lipinski definition) is 7. The maximum atomic E-state index is 13.6. The molecule has 0 bridgehead atoms. The highest BCUT2D eigenvalue weighted by Gasteiger charge is 2.35. The number of amides is 2. The predicted octanol–water partition coefficient (Wildman–Crippen LogP) is 3.01. The van der Waals surface area contributed by atoms with E-state index in [4.69, 9.17) is 4.74 Å². The van der Waals surface area contributed by atoms with Gasteiger partial charge in [0.05, 0.1) is 30.8 Å². The number of aliphatic hydroxyl groups is 1. The summed E-state index contributed by atoms with van der Waals surface area (Å²) in [7, 11) is 1.69. The molecule has 2 amide bonds. The number of pyridine rings is 2. The van der Waals surface area contributed by atoms with E-state index < -0.39 is 12.1 Å². The molecule has 3 atom stereocenters. The fourth-order valence-electron chi connectivity index (χ4n) is 4.28. The third-order valence-electron chi connectivity index (χ3n) is 6.53. The van der Waals surface area contributed by atoms with Crippen LogP contribution in [0.3, 0.4) is 0 Å². The molecule has 0 radical (unpaired) electrons. The Morgan fingerprint density at radius 3 is 2.76 bits per heavy atom. The number of hydrogen-bond donors (Lipinski definition) is 1. The largest absolute Gasteiger partial charge is 0.472 e. The van der Waals surface area contributed by atoms with Crippen LogP contribution >= 0.6 is 0 Å². The molecule has 1 aliphatic rings. The zero-order chi connectivity index (χ0) is 26.5. The zero-order valence-corrected chi connectivity index (χ0v) is 21.0. The number of likely N-dealkylation sites (N-methyl/N-ethyl adjacent to an activating group) is 1. The maximum Gasteiger partial charge on any atom is 0.272 e. The molecule has 2 aromatic heterocycles. The Bertz CT molecular complexity index is 1320. The van der Waals surface area contributed by atoms with E-state index in [-0.39, 0.29) is 42.3 Å². The molecule has 3 aromatic rings. The topological polar surface area (TPSA) is 120 Å². The fraction of sp³-hybridized carbons (Fsp3) is 0.321. The number of ether oxygens (including phenoxy) is 1. The van der Waals surface area contributed by atoms with Crippen molar-refractivity contribution in [3.8, 4) is 23.1 Å². The van der Waals surface area contributed by atoms with Crippen molar-refractivity contribution in [3.63, 3.8) is 0 Å². The summed E-state index contributed by atoms with van der Waals surface area (Å²) >= 11 is 0. The van der Waals surface area contributed by atoms with Gasteiger partial charge in [-0.1, -0.05) is 25.1 Å². The van der Waals surface area contributed by atoms with Gasteiger partial charge in [-0.05, 0) is 42.8 Å². The highest BCUT2D eigenvalue weighted by atomic mass is 16.5. The van der Waals surface area contributed by atoms with Gasteiger partial charge in [-0.2, -0.15) is 5.26 Å². The molecule has 0 saturated heterocycles. The number of rotatable bonds is 6. The molecule has 0 aliphatic carbocycles. The van der Waals surface area contributed by atoms with E-state index in [1.807, 2.05) is 13.0 Å². The molecule has 37 heavy (non-hydrogen) atoms. The van der Waals surface area contributed by atoms with Gasteiger partial charge in [-0.25, -0.2) is 4.98 Å². The minimum Gasteiger partial charge on any atom is -0.472 e. The summed E-state index contributed by atoms with van der Waals surface area (Å²) < 4.78 is 6.29. The average Bonchev–Trinajstić information content (AvgIpc) is 2.94. The monoisotopic (exact) mass is 499 g/mol. The van der Waals surface area contributed by atoms with Gasteiger partial charge < -0.3 is 19.6 Å². The number of nitriles is 1. The first-order valence-corrected chi connectivity index (χ1v) is 12.1. The lowest BCUT2D eigenvalue weighted by Crippen LogP contribution is -2.50. The number of nitrogens with zero attached hydrogens (tertiary/aromatic N) is 5. The van der Waals surface area contributed by atoms with Gasteiger partial charge in [-0.3, -0.25) is 14.6 Å². The van der Waals surface area contributed by atoms with Crippen LogP contribution in [0, 0.1) is 17.2 Å². The van der Waals surface area contributed by atoms with Crippen LogP contribution in [0.4, 0.5) is 0 Å². The lowest BCUT2D eigenvalue weighted by atomic mass is 9.98. The zero-order valence-electron chi connectivity index (χ0n) is 21.0. The Balaban J connectivity index is 1.70. The summed E-state index contributed by atoms with van der Waals surface area (Å²) in [6, 6.07) is 15.6. The molecule has 0 saturated carbocycles. The molecule has 190 valence electrons. The third-order valence-corrected chi connectivity index (χ3v) is 6.53. The second-order valence-corrected chi connectivity index (χ2v) is 9.29. The number of aliphatic hydroxyl groups excluding tert-OH is 1. The summed E-state index contributed by atoms with van der Waals surface area (Å²) in [6.45, 7) is 4.10. The van der Waals surface area contributed by atoms with Crippen LogP contribution in [0.15, 0.2) is 60.9 Å². The van der Waals surface area contributed by atoms with Gasteiger partial charge in [0, 0.05) is 37.5 Å². The van der Waals surface area contributed by atoms with Gasteiger partial charge in [-0.15, -0.1) is 0 Å². The van der Waals surface area contributed by atoms with Crippen molar-refractivity contribution in [2.75, 3.05) is 26.7 Å². The molecule has 1 aliphatic heterocycles. The Morgan fingerprint density at radius 2 is 2.05 bits per heavy atom. The Labute approximate surface area is 216 Å². The van der Waals surface area contributed by atoms with Gasteiger partial charge in [0.1, 0.15) is 17.4 Å². The third kappa shape index (κ3) is 5.60. The predicted molar refractivity (Wildman–Crippen MR) is 137 cm³/mol. The van der Waals surface area contributed by atoms with Crippen molar-refractivity contribution < 1.29 is 19.4 Å². The van der Waals surface area contributed by atoms with E-state index in [9.17, 15) is 20.0 Å². The highest BCUT2D eigenvalue weighted by molar-refractivity contribution is 5.98. The Morgan fingerprint density at radius 1 is 1.24 bits per heavy atom. The number of carbonyl (C=O) groups is 2. The first kappa shape index (κ1) is 25.8. The summed E-state index contributed by atoms with van der Waals surface area (Å²) in [5, 5.41) is 19.1. The molecule has 9 heteroatoms. The highest BCUT2D eigenvalue weighted by Crippen LogP contribution is 2.30. The molecular formula is C28H29N5O4. The molecule has 1 aromatic carbocycles. The van der Waals surface area contributed by atoms with E-state index in [0.29, 0.717) is 23.4 Å². The van der Waals surface area contributed by atoms with Crippen LogP contribution in [0.1, 0.15) is 40.3 Å². The number of carbonyl (C=O) groups excluding carboxylic acids is 2. The van der Waals surface area contributed by atoms with Gasteiger partial charge in [0.2, 0.25) is 5.88 Å². The first-order valence-electron chi connectivity index (χ1n) is 12.1. The molecule has 0 spiro atoms. The Kier molecular flexibility index (Phi) is 7.80. The standard InChI is InChI=1S/C28H29N5O4/c1-18-15-33(19(2)17-34)27(35)23-12-22(21-8-6-7-20(11-21)13-29)14-31-26(23)37-25(18)16-32(3)28(36)24-9-4-5-10-30-24/h4-12,14,18-19,25,34H,15-17H2,1-3H3/t18-,19-,25+/m0/s1. The van der Waals surface area contributed by atoms with Crippen LogP contribution in [0.5, 0.6) is 5.88 Å². The molecular weight excluding hydrogens is 470 g/mol. The van der Waals surface area contributed by atoms with E-state index in [1.165, 1.54) is 0 Å². The molecule has 3 heterocycles. The van der Waals surface area contributed by atoms with Gasteiger partial charge >= 0.3 is 0 Å². The first-order chi connectivity index (χ1) is 17.8. The lowest BCUT2D eigenvalue weighted by Gasteiger charge is -2.37. The van der Waals surface area contributed by atoms with Crippen LogP contribution in [0.25, 0.3) is 11.1 Å². The molecule has 9 nitrogen and oxygen atoms in total. The average molecular weight is 500 g/mol. The molecule has 1 N–H and O–H groups in total. The number of benzene rings is 1. The van der Waals surface area contributed by atoms with Crippen molar-refractivity contribution >= 4 is 11.8 Å². The summed E-state index contributed by atoms with van der Waals surface area (Å²) in [5.41, 5.74) is 2.50. The molecule has 0 unspecified atom stereocenters. The fourth-order valence-corrected chi connectivity index (χ4v) is 4.28. The van der Waals surface area contributed by atoms with Crippen LogP contribution in [0.2, 0.25) is 0 Å². The van der Waals surface area contributed by atoms with Crippen molar-refractivity contribution in [1.29, 1.82) is 5.26 Å². The normalized spacial score (nSPS) is 18.0. The van der Waals surface area contributed by atoms with Gasteiger partial charge in [0.25, 0.3) is 11.8 Å². The second-order valence-electron chi connectivity index (χ2n) is 9.29. The van der Waals surface area contributed by atoms with Crippen molar-refractivity contribution in [1.82, 2.24) is 19.8 Å². The minimum absolute atomic E-state index is 0.163. The number of aromatic nitrogens is 2. The minimum atomic E-state index is -0.474. The lowest BCUT2D eigenvalue weighted by molar-refractivity contribution is 0.0312. The van der Waals surface area contributed by atoms with Crippen molar-refractivity contribution in [2.45, 2.75) is 26.0 Å². The van der Waals surface area contributed by atoms with Gasteiger partial charge in [0.15, 0.2) is 0 Å². The van der Waals surface area contributed by atoms with E-state index in [1.54, 1.807) is 78.6 Å². The number of fused-ring (bicyclic) bond motifs is 1. The van der Waals surface area contributed by atoms with Crippen LogP contribution in [-0.4, -0.2) is 75.6 Å². The van der Waals surface area contributed by atoms with E-state index in [0.717, 1.165) is 5.56 Å². The van der Waals surface area contributed by atoms with Crippen molar-refractivity contribution in [3.05, 3.63) is 77.7 Å². The SMILES string of the molecule is C[C@H]1CN([C@@H](C)CO)C(=O)c2cc(-c3cccc(C#N)c3)cnc2O[C@@H]1CN(C)C(=O)c1ccccn1. The maximum absolute atomic E-state index is 13.6. The van der Waals surface area contributed by atoms with E-state index >= 15 is 0 Å². The van der Waals surface area contributed by atoms with Crippen LogP contribution < -0.4 is 4.74 Å². The molecule has 0 fully saturated rings.